The van der Waals surface area contributed by atoms with Crippen molar-refractivity contribution in [3.63, 3.8) is 0 Å². The van der Waals surface area contributed by atoms with Crippen molar-refractivity contribution < 1.29 is 18.1 Å². The van der Waals surface area contributed by atoms with E-state index in [2.05, 4.69) is 3.77 Å². The van der Waals surface area contributed by atoms with Gasteiger partial charge in [0.25, 0.3) is 15.7 Å². The van der Waals surface area contributed by atoms with Crippen LogP contribution in [0.5, 0.6) is 0 Å². The lowest BCUT2D eigenvalue weighted by Gasteiger charge is -2.18. The van der Waals surface area contributed by atoms with Gasteiger partial charge in [-0.2, -0.15) is 8.42 Å². The average Bonchev–Trinajstić information content (AvgIpc) is 2.65. The minimum atomic E-state index is -4.05. The van der Waals surface area contributed by atoms with Crippen LogP contribution in [0.2, 0.25) is 0 Å². The van der Waals surface area contributed by atoms with Crippen LogP contribution in [-0.4, -0.2) is 31.3 Å². The molecule has 0 aliphatic heterocycles. The molecule has 0 radical (unpaired) electrons. The number of alkyl halides is 1. The predicted molar refractivity (Wildman–Crippen MR) is 101 cm³/mol. The lowest BCUT2D eigenvalue weighted by atomic mass is 10.3. The summed E-state index contributed by atoms with van der Waals surface area (Å²) in [5.74, 6) is -0.0587. The van der Waals surface area contributed by atoms with Crippen molar-refractivity contribution in [3.05, 3.63) is 64.7 Å². The fraction of sp³-hybridized carbons (Fsp3) is 0.250. The van der Waals surface area contributed by atoms with Crippen molar-refractivity contribution in [1.29, 1.82) is 0 Å². The van der Waals surface area contributed by atoms with Gasteiger partial charge in [-0.05, 0) is 35.8 Å². The number of hydrogen-bond donors (Lipinski definition) is 0. The molecule has 0 spiro atoms. The van der Waals surface area contributed by atoms with Crippen LogP contribution in [0.3, 0.4) is 0 Å². The summed E-state index contributed by atoms with van der Waals surface area (Å²) in [7, 11) is -5.53. The molecule has 0 aliphatic carbocycles. The Morgan fingerprint density at radius 2 is 1.81 bits per heavy atom. The second-order valence-corrected chi connectivity index (χ2v) is 8.86. The van der Waals surface area contributed by atoms with E-state index in [1.54, 1.807) is 31.2 Å². The topological polar surface area (TPSA) is 98.9 Å². The Hall–Kier alpha value is -1.81. The third-order valence-corrected chi connectivity index (χ3v) is 7.59. The number of nitro benzene ring substituents is 1. The molecular formula is C16H17ClN2O5S2. The van der Waals surface area contributed by atoms with E-state index in [0.717, 1.165) is 0 Å². The number of ether oxygens (including phenoxy) is 1. The maximum Gasteiger partial charge on any atom is 0.288 e. The van der Waals surface area contributed by atoms with E-state index in [0.29, 0.717) is 0 Å². The highest BCUT2D eigenvalue weighted by atomic mass is 35.5. The molecule has 2 aromatic rings. The van der Waals surface area contributed by atoms with Gasteiger partial charge in [-0.3, -0.25) is 10.1 Å². The van der Waals surface area contributed by atoms with E-state index >= 15 is 0 Å². The van der Waals surface area contributed by atoms with Crippen LogP contribution in [0.25, 0.3) is 0 Å². The molecule has 0 N–H and O–H groups in total. The maximum absolute atomic E-state index is 12.7. The molecule has 0 saturated carbocycles. The Morgan fingerprint density at radius 1 is 1.19 bits per heavy atom. The minimum Gasteiger partial charge on any atom is -0.365 e. The van der Waals surface area contributed by atoms with E-state index in [9.17, 15) is 18.5 Å². The summed E-state index contributed by atoms with van der Waals surface area (Å²) in [4.78, 5) is 11.0. The number of benzene rings is 2. The van der Waals surface area contributed by atoms with Crippen molar-refractivity contribution >= 4 is 38.0 Å². The molecule has 140 valence electrons. The van der Waals surface area contributed by atoms with Gasteiger partial charge in [0.15, 0.2) is 0 Å². The largest absolute Gasteiger partial charge is 0.365 e. The van der Waals surface area contributed by atoms with Gasteiger partial charge in [0.1, 0.15) is 5.44 Å². The summed E-state index contributed by atoms with van der Waals surface area (Å²) in [5.41, 5.74) is -1.03. The predicted octanol–water partition coefficient (Wildman–Crippen LogP) is 3.75. The average molecular weight is 417 g/mol. The van der Waals surface area contributed by atoms with Crippen molar-refractivity contribution in [2.45, 2.75) is 22.2 Å². The number of rotatable bonds is 8. The summed E-state index contributed by atoms with van der Waals surface area (Å²) < 4.78 is 34.9. The third kappa shape index (κ3) is 4.88. The van der Waals surface area contributed by atoms with Crippen LogP contribution in [0.1, 0.15) is 6.92 Å². The number of halogens is 1. The van der Waals surface area contributed by atoms with Gasteiger partial charge in [0.2, 0.25) is 0 Å². The van der Waals surface area contributed by atoms with Crippen LogP contribution >= 0.6 is 11.6 Å². The smallest absolute Gasteiger partial charge is 0.288 e. The SMILES string of the molecule is CCO[C@H](CCl)[S@](=NS(=O)(=O)c1ccccc1)c1ccccc1[N+](=O)[O-]. The number of sulfonamides is 1. The van der Waals surface area contributed by atoms with E-state index in [1.807, 2.05) is 0 Å². The first kappa shape index (κ1) is 20.5. The highest BCUT2D eigenvalue weighted by Crippen LogP contribution is 2.28. The van der Waals surface area contributed by atoms with Gasteiger partial charge in [-0.15, -0.1) is 15.4 Å². The maximum atomic E-state index is 12.7. The minimum absolute atomic E-state index is 0.000838. The van der Waals surface area contributed by atoms with Crippen molar-refractivity contribution in [2.24, 2.45) is 3.77 Å². The molecule has 7 nitrogen and oxygen atoms in total. The van der Waals surface area contributed by atoms with Gasteiger partial charge >= 0.3 is 0 Å². The third-order valence-electron chi connectivity index (χ3n) is 3.23. The molecule has 2 atom stereocenters. The molecule has 0 unspecified atom stereocenters. The van der Waals surface area contributed by atoms with Crippen LogP contribution in [0, 0.1) is 10.1 Å². The van der Waals surface area contributed by atoms with E-state index < -0.39 is 31.1 Å². The molecule has 2 rings (SSSR count). The second kappa shape index (κ2) is 9.22. The molecule has 2 aromatic carbocycles. The summed E-state index contributed by atoms with van der Waals surface area (Å²) in [6.45, 7) is 1.99. The normalized spacial score (nSPS) is 14.1. The highest BCUT2D eigenvalue weighted by Gasteiger charge is 2.26. The quantitative estimate of drug-likeness (QED) is 0.370. The summed E-state index contributed by atoms with van der Waals surface area (Å²) >= 11 is 5.96. The Kier molecular flexibility index (Phi) is 7.27. The zero-order chi connectivity index (χ0) is 19.2. The van der Waals surface area contributed by atoms with Gasteiger partial charge in [0, 0.05) is 12.7 Å². The van der Waals surface area contributed by atoms with Crippen LogP contribution in [-0.2, 0) is 25.5 Å². The molecular weight excluding hydrogens is 400 g/mol. The van der Waals surface area contributed by atoms with E-state index in [1.165, 1.54) is 30.3 Å². The molecule has 0 aromatic heterocycles. The first-order valence-electron chi connectivity index (χ1n) is 7.58. The molecule has 0 aliphatic rings. The number of hydrogen-bond acceptors (Lipinski definition) is 5. The Morgan fingerprint density at radius 3 is 2.38 bits per heavy atom. The number of para-hydroxylation sites is 1. The molecule has 0 heterocycles. The molecule has 0 fully saturated rings. The summed E-state index contributed by atoms with van der Waals surface area (Å²) in [5, 5.41) is 11.4. The Bertz CT molecular complexity index is 904. The first-order chi connectivity index (χ1) is 12.4. The lowest BCUT2D eigenvalue weighted by Crippen LogP contribution is -2.23. The first-order valence-corrected chi connectivity index (χ1v) is 10.8. The van der Waals surface area contributed by atoms with Gasteiger partial charge in [-0.1, -0.05) is 30.3 Å². The van der Waals surface area contributed by atoms with E-state index in [4.69, 9.17) is 16.3 Å². The molecule has 0 amide bonds. The second-order valence-electron chi connectivity index (χ2n) is 4.94. The molecule has 0 bridgehead atoms. The summed E-state index contributed by atoms with van der Waals surface area (Å²) in [6, 6.07) is 13.5. The standard InChI is InChI=1S/C16H17ClN2O5S2/c1-2-24-16(12-17)25(15-11-7-6-10-14(15)19(20)21)18-26(22,23)13-8-4-3-5-9-13/h3-11,16H,2,12H2,1H3/t16-,25+/m0/s1. The van der Waals surface area contributed by atoms with Crippen LogP contribution < -0.4 is 0 Å². The fourth-order valence-electron chi connectivity index (χ4n) is 2.11. The Balaban J connectivity index is 2.68. The zero-order valence-corrected chi connectivity index (χ0v) is 16.2. The Labute approximate surface area is 159 Å². The monoisotopic (exact) mass is 416 g/mol. The zero-order valence-electron chi connectivity index (χ0n) is 13.8. The van der Waals surface area contributed by atoms with Crippen molar-refractivity contribution in [2.75, 3.05) is 12.5 Å². The molecule has 10 heteroatoms. The van der Waals surface area contributed by atoms with Crippen molar-refractivity contribution in [3.8, 4) is 0 Å². The molecule has 0 saturated heterocycles. The van der Waals surface area contributed by atoms with Crippen LogP contribution in [0.4, 0.5) is 5.69 Å². The van der Waals surface area contributed by atoms with Gasteiger partial charge in [0.05, 0.1) is 20.6 Å². The fourth-order valence-corrected chi connectivity index (χ4v) is 6.20. The highest BCUT2D eigenvalue weighted by molar-refractivity contribution is 8.00. The number of nitro groups is 1. The number of nitrogens with zero attached hydrogens (tertiary/aromatic N) is 2. The lowest BCUT2D eigenvalue weighted by molar-refractivity contribution is -0.387. The van der Waals surface area contributed by atoms with Gasteiger partial charge < -0.3 is 4.74 Å². The van der Waals surface area contributed by atoms with Crippen molar-refractivity contribution in [1.82, 2.24) is 0 Å². The molecule has 26 heavy (non-hydrogen) atoms. The van der Waals surface area contributed by atoms with E-state index in [-0.39, 0.29) is 28.0 Å². The van der Waals surface area contributed by atoms with Gasteiger partial charge in [-0.25, -0.2) is 0 Å². The summed E-state index contributed by atoms with van der Waals surface area (Å²) in [6.07, 6.45) is 0. The van der Waals surface area contributed by atoms with Crippen LogP contribution in [0.15, 0.2) is 68.2 Å².